The van der Waals surface area contributed by atoms with Gasteiger partial charge in [-0.05, 0) is 6.92 Å². The van der Waals surface area contributed by atoms with Crippen LogP contribution in [0.1, 0.15) is 11.4 Å². The summed E-state index contributed by atoms with van der Waals surface area (Å²) in [4.78, 5) is 15.0. The van der Waals surface area contributed by atoms with Crippen LogP contribution in [-0.4, -0.2) is 24.7 Å². The molecular weight excluding hydrogens is 190 g/mol. The van der Waals surface area contributed by atoms with E-state index in [1.54, 1.807) is 13.3 Å². The quantitative estimate of drug-likeness (QED) is 0.691. The van der Waals surface area contributed by atoms with E-state index in [-0.39, 0.29) is 12.4 Å². The van der Waals surface area contributed by atoms with Gasteiger partial charge in [-0.1, -0.05) is 11.3 Å². The van der Waals surface area contributed by atoms with Gasteiger partial charge in [0.25, 0.3) is 0 Å². The summed E-state index contributed by atoms with van der Waals surface area (Å²) in [5.41, 5.74) is 0. The van der Waals surface area contributed by atoms with E-state index < -0.39 is 0 Å². The van der Waals surface area contributed by atoms with Gasteiger partial charge in [-0.3, -0.25) is 4.79 Å². The first-order valence-corrected chi connectivity index (χ1v) is 4.66. The van der Waals surface area contributed by atoms with Crippen molar-refractivity contribution in [2.24, 2.45) is 0 Å². The summed E-state index contributed by atoms with van der Waals surface area (Å²) in [6.45, 7) is 2.24. The van der Waals surface area contributed by atoms with Gasteiger partial charge in [-0.2, -0.15) is 0 Å². The molecule has 1 aromatic heterocycles. The Hall–Kier alpha value is -0.940. The Morgan fingerprint density at radius 3 is 3.00 bits per heavy atom. The Morgan fingerprint density at radius 2 is 2.46 bits per heavy atom. The molecule has 0 unspecified atom stereocenters. The Labute approximate surface area is 80.5 Å². The van der Waals surface area contributed by atoms with E-state index in [0.29, 0.717) is 11.7 Å². The van der Waals surface area contributed by atoms with Crippen LogP contribution in [0.15, 0.2) is 6.20 Å². The predicted molar refractivity (Wildman–Crippen MR) is 49.0 cm³/mol. The lowest BCUT2D eigenvalue weighted by atomic mass is 10.5. The first kappa shape index (κ1) is 10.1. The molecule has 0 radical (unpaired) electrons. The fourth-order valence-electron chi connectivity index (χ4n) is 0.738. The second-order valence-electron chi connectivity index (χ2n) is 2.42. The molecule has 4 nitrogen and oxygen atoms in total. The van der Waals surface area contributed by atoms with Crippen molar-refractivity contribution in [1.82, 2.24) is 4.98 Å². The molecule has 0 fully saturated rings. The highest BCUT2D eigenvalue weighted by molar-refractivity contribution is 7.13. The van der Waals surface area contributed by atoms with Crippen molar-refractivity contribution in [1.29, 1.82) is 0 Å². The van der Waals surface area contributed by atoms with Crippen LogP contribution in [0.4, 0.5) is 0 Å². The fraction of sp³-hybridized carbons (Fsp3) is 0.500. The van der Waals surface area contributed by atoms with Gasteiger partial charge in [0.2, 0.25) is 5.06 Å². The monoisotopic (exact) mass is 201 g/mol. The number of hydrogen-bond donors (Lipinski definition) is 0. The maximum Gasteiger partial charge on any atom is 0.314 e. The highest BCUT2D eigenvalue weighted by Crippen LogP contribution is 2.20. The lowest BCUT2D eigenvalue weighted by Crippen LogP contribution is -2.09. The summed E-state index contributed by atoms with van der Waals surface area (Å²) in [7, 11) is 1.55. The number of aryl methyl sites for hydroxylation is 1. The number of aromatic nitrogens is 1. The van der Waals surface area contributed by atoms with Crippen molar-refractivity contribution >= 4 is 17.3 Å². The minimum atomic E-state index is -0.287. The van der Waals surface area contributed by atoms with E-state index in [2.05, 4.69) is 4.98 Å². The van der Waals surface area contributed by atoms with E-state index in [9.17, 15) is 4.79 Å². The van der Waals surface area contributed by atoms with Crippen molar-refractivity contribution in [3.63, 3.8) is 0 Å². The number of esters is 1. The first-order chi connectivity index (χ1) is 6.22. The number of rotatable bonds is 4. The zero-order valence-corrected chi connectivity index (χ0v) is 8.39. The molecule has 0 aliphatic carbocycles. The van der Waals surface area contributed by atoms with Crippen LogP contribution in [0.2, 0.25) is 0 Å². The van der Waals surface area contributed by atoms with Gasteiger partial charge in [0.1, 0.15) is 0 Å². The van der Waals surface area contributed by atoms with Crippen LogP contribution < -0.4 is 4.74 Å². The molecule has 0 amide bonds. The normalized spacial score (nSPS) is 10.0. The average Bonchev–Trinajstić information content (AvgIpc) is 2.48. The molecule has 0 aliphatic heterocycles. The molecule has 1 rings (SSSR count). The molecule has 5 heteroatoms. The second kappa shape index (κ2) is 4.94. The van der Waals surface area contributed by atoms with Crippen molar-refractivity contribution < 1.29 is 14.3 Å². The van der Waals surface area contributed by atoms with Crippen molar-refractivity contribution in [2.45, 2.75) is 13.3 Å². The molecule has 0 spiro atoms. The van der Waals surface area contributed by atoms with Crippen LogP contribution in [0.3, 0.4) is 0 Å². The SMILES string of the molecule is COCCC(=O)Oc1cnc(C)s1. The highest BCUT2D eigenvalue weighted by atomic mass is 32.1. The largest absolute Gasteiger partial charge is 0.414 e. The maximum absolute atomic E-state index is 11.1. The van der Waals surface area contributed by atoms with Crippen molar-refractivity contribution in [3.05, 3.63) is 11.2 Å². The molecule has 0 saturated heterocycles. The van der Waals surface area contributed by atoms with Crippen LogP contribution in [0.25, 0.3) is 0 Å². The van der Waals surface area contributed by atoms with Gasteiger partial charge in [0.15, 0.2) is 0 Å². The molecule has 0 bridgehead atoms. The van der Waals surface area contributed by atoms with E-state index in [1.807, 2.05) is 6.92 Å². The molecule has 0 aliphatic rings. The molecule has 0 saturated carbocycles. The molecule has 72 valence electrons. The lowest BCUT2D eigenvalue weighted by Gasteiger charge is -1.98. The van der Waals surface area contributed by atoms with Gasteiger partial charge in [0, 0.05) is 7.11 Å². The van der Waals surface area contributed by atoms with Gasteiger partial charge in [-0.25, -0.2) is 4.98 Å². The summed E-state index contributed by atoms with van der Waals surface area (Å²) in [6, 6.07) is 0. The second-order valence-corrected chi connectivity index (χ2v) is 3.61. The number of carbonyl (C=O) groups is 1. The molecule has 0 N–H and O–H groups in total. The Kier molecular flexibility index (Phi) is 3.85. The third kappa shape index (κ3) is 3.52. The summed E-state index contributed by atoms with van der Waals surface area (Å²) in [5.74, 6) is -0.287. The summed E-state index contributed by atoms with van der Waals surface area (Å²) in [5, 5.41) is 1.42. The maximum atomic E-state index is 11.1. The number of ether oxygens (including phenoxy) is 2. The number of methoxy groups -OCH3 is 1. The minimum Gasteiger partial charge on any atom is -0.414 e. The summed E-state index contributed by atoms with van der Waals surface area (Å²) in [6.07, 6.45) is 1.82. The molecule has 1 aromatic rings. The number of thiazole rings is 1. The summed E-state index contributed by atoms with van der Waals surface area (Å²) >= 11 is 1.35. The van der Waals surface area contributed by atoms with Crippen LogP contribution in [0.5, 0.6) is 5.06 Å². The van der Waals surface area contributed by atoms with Gasteiger partial charge < -0.3 is 9.47 Å². The van der Waals surface area contributed by atoms with Crippen LogP contribution in [-0.2, 0) is 9.53 Å². The lowest BCUT2D eigenvalue weighted by molar-refractivity contribution is -0.135. The average molecular weight is 201 g/mol. The third-order valence-electron chi connectivity index (χ3n) is 1.32. The first-order valence-electron chi connectivity index (χ1n) is 3.84. The molecule has 13 heavy (non-hydrogen) atoms. The van der Waals surface area contributed by atoms with Gasteiger partial charge in [0.05, 0.1) is 24.2 Å². The van der Waals surface area contributed by atoms with Crippen molar-refractivity contribution in [3.8, 4) is 5.06 Å². The molecule has 1 heterocycles. The zero-order chi connectivity index (χ0) is 9.68. The van der Waals surface area contributed by atoms with Gasteiger partial charge >= 0.3 is 5.97 Å². The highest BCUT2D eigenvalue weighted by Gasteiger charge is 2.06. The fourth-order valence-corrected chi connectivity index (χ4v) is 1.37. The zero-order valence-electron chi connectivity index (χ0n) is 7.57. The Bertz CT molecular complexity index is 285. The minimum absolute atomic E-state index is 0.271. The molecule has 0 atom stereocenters. The van der Waals surface area contributed by atoms with E-state index in [1.165, 1.54) is 11.3 Å². The number of hydrogen-bond acceptors (Lipinski definition) is 5. The van der Waals surface area contributed by atoms with E-state index in [0.717, 1.165) is 5.01 Å². The smallest absolute Gasteiger partial charge is 0.314 e. The van der Waals surface area contributed by atoms with Gasteiger partial charge in [-0.15, -0.1) is 0 Å². The number of carbonyl (C=O) groups excluding carboxylic acids is 1. The van der Waals surface area contributed by atoms with E-state index >= 15 is 0 Å². The standard InChI is InChI=1S/C8H11NO3S/c1-6-9-5-8(13-6)12-7(10)3-4-11-2/h5H,3-4H2,1-2H3. The van der Waals surface area contributed by atoms with Crippen molar-refractivity contribution in [2.75, 3.05) is 13.7 Å². The third-order valence-corrected chi connectivity index (χ3v) is 2.12. The molecular formula is C8H11NO3S. The predicted octanol–water partition coefficient (Wildman–Crippen LogP) is 1.39. The van der Waals surface area contributed by atoms with E-state index in [4.69, 9.17) is 9.47 Å². The van der Waals surface area contributed by atoms with Crippen LogP contribution in [0, 0.1) is 6.92 Å². The topological polar surface area (TPSA) is 48.4 Å². The number of nitrogens with zero attached hydrogens (tertiary/aromatic N) is 1. The molecule has 0 aromatic carbocycles. The summed E-state index contributed by atoms with van der Waals surface area (Å²) < 4.78 is 9.72. The Morgan fingerprint density at radius 1 is 1.69 bits per heavy atom. The van der Waals surface area contributed by atoms with Crippen LogP contribution >= 0.6 is 11.3 Å². The Balaban J connectivity index is 2.36.